The topological polar surface area (TPSA) is 49.3 Å². The van der Waals surface area contributed by atoms with Crippen molar-refractivity contribution in [3.8, 4) is 0 Å². The van der Waals surface area contributed by atoms with Crippen LogP contribution in [0.25, 0.3) is 0 Å². The number of allylic oxidation sites excluding steroid dienone is 2. The lowest BCUT2D eigenvalue weighted by Crippen LogP contribution is -2.36. The van der Waals surface area contributed by atoms with Crippen molar-refractivity contribution in [2.75, 3.05) is 0 Å². The van der Waals surface area contributed by atoms with Gasteiger partial charge in [0.25, 0.3) is 0 Å². The molecular weight excluding hydrogens is 370 g/mol. The fourth-order valence-corrected chi connectivity index (χ4v) is 3.70. The van der Waals surface area contributed by atoms with E-state index in [0.29, 0.717) is 6.42 Å². The van der Waals surface area contributed by atoms with Crippen molar-refractivity contribution >= 4 is 5.91 Å². The number of benzene rings is 1. The molecule has 1 aromatic carbocycles. The van der Waals surface area contributed by atoms with Gasteiger partial charge in [0.05, 0.1) is 12.1 Å². The van der Waals surface area contributed by atoms with E-state index in [1.54, 1.807) is 0 Å². The second-order valence-corrected chi connectivity index (χ2v) is 8.55. The van der Waals surface area contributed by atoms with Gasteiger partial charge in [-0.1, -0.05) is 101 Å². The first kappa shape index (κ1) is 26.4. The van der Waals surface area contributed by atoms with Crippen LogP contribution in [-0.2, 0) is 4.79 Å². The van der Waals surface area contributed by atoms with Crippen LogP contribution in [0.4, 0.5) is 0 Å². The van der Waals surface area contributed by atoms with Gasteiger partial charge in [0.1, 0.15) is 0 Å². The molecule has 2 N–H and O–H groups in total. The molecule has 0 heterocycles. The van der Waals surface area contributed by atoms with Gasteiger partial charge >= 0.3 is 0 Å². The van der Waals surface area contributed by atoms with Crippen LogP contribution in [0.5, 0.6) is 0 Å². The van der Waals surface area contributed by atoms with Crippen molar-refractivity contribution in [2.24, 2.45) is 0 Å². The minimum atomic E-state index is -0.663. The first-order chi connectivity index (χ1) is 14.6. The Hall–Kier alpha value is -1.61. The van der Waals surface area contributed by atoms with Crippen LogP contribution in [0, 0.1) is 0 Å². The maximum Gasteiger partial charge on any atom is 0.220 e. The molecule has 0 unspecified atom stereocenters. The molecule has 1 aromatic rings. The Morgan fingerprint density at radius 1 is 0.867 bits per heavy atom. The molecule has 0 saturated carbocycles. The Bertz CT molecular complexity index is 555. The van der Waals surface area contributed by atoms with Gasteiger partial charge in [-0.05, 0) is 44.6 Å². The molecule has 3 heteroatoms. The number of carbonyl (C=O) groups excluding carboxylic acids is 1. The van der Waals surface area contributed by atoms with E-state index in [9.17, 15) is 9.90 Å². The number of rotatable bonds is 18. The lowest BCUT2D eigenvalue weighted by atomic mass is 10.0. The Kier molecular flexibility index (Phi) is 16.0. The van der Waals surface area contributed by atoms with Crippen LogP contribution in [0.2, 0.25) is 0 Å². The normalized spacial score (nSPS) is 13.4. The zero-order valence-electron chi connectivity index (χ0n) is 19.5. The van der Waals surface area contributed by atoms with Crippen molar-refractivity contribution in [3.63, 3.8) is 0 Å². The zero-order chi connectivity index (χ0) is 21.9. The van der Waals surface area contributed by atoms with Crippen LogP contribution < -0.4 is 5.32 Å². The van der Waals surface area contributed by atoms with Crippen LogP contribution in [0.15, 0.2) is 42.5 Å². The lowest BCUT2D eigenvalue weighted by molar-refractivity contribution is -0.122. The molecule has 0 bridgehead atoms. The summed E-state index contributed by atoms with van der Waals surface area (Å²) >= 11 is 0. The maximum atomic E-state index is 12.1. The molecule has 170 valence electrons. The fraction of sp³-hybridized carbons (Fsp3) is 0.667. The summed E-state index contributed by atoms with van der Waals surface area (Å²) in [7, 11) is 0. The van der Waals surface area contributed by atoms with Crippen molar-refractivity contribution in [2.45, 2.75) is 116 Å². The highest BCUT2D eigenvalue weighted by Crippen LogP contribution is 2.16. The third-order valence-electron chi connectivity index (χ3n) is 5.67. The number of nitrogens with one attached hydrogen (secondary N) is 1. The van der Waals surface area contributed by atoms with Gasteiger partial charge in [0, 0.05) is 6.42 Å². The number of unbranched alkanes of at least 4 members (excludes halogenated alkanes) is 11. The average Bonchev–Trinajstić information content (AvgIpc) is 2.76. The zero-order valence-corrected chi connectivity index (χ0v) is 19.5. The molecule has 0 spiro atoms. The standard InChI is InChI=1S/C27H45NO2/c1-3-4-5-6-7-8-9-10-11-12-13-14-15-16-20-23-26(29)28-24(2)27(30)25-21-18-17-19-22-25/h10-11,17-19,21-22,24,27,30H,3-9,12-16,20,23H2,1-2H3,(H,28,29)/t24-,27-/m1/s1. The Balaban J connectivity index is 1.94. The summed E-state index contributed by atoms with van der Waals surface area (Å²) in [4.78, 5) is 12.1. The minimum Gasteiger partial charge on any atom is -0.386 e. The van der Waals surface area contributed by atoms with Crippen LogP contribution in [0.1, 0.15) is 115 Å². The van der Waals surface area contributed by atoms with Crippen molar-refractivity contribution in [3.05, 3.63) is 48.0 Å². The highest BCUT2D eigenvalue weighted by Gasteiger charge is 2.17. The number of aliphatic hydroxyl groups is 1. The Morgan fingerprint density at radius 2 is 1.40 bits per heavy atom. The maximum absolute atomic E-state index is 12.1. The number of hydrogen-bond acceptors (Lipinski definition) is 2. The first-order valence-electron chi connectivity index (χ1n) is 12.3. The smallest absolute Gasteiger partial charge is 0.220 e. The van der Waals surface area contributed by atoms with Crippen molar-refractivity contribution in [1.29, 1.82) is 0 Å². The number of amides is 1. The van der Waals surface area contributed by atoms with Crippen molar-refractivity contribution in [1.82, 2.24) is 5.32 Å². The Morgan fingerprint density at radius 3 is 2.00 bits per heavy atom. The van der Waals surface area contributed by atoms with Gasteiger partial charge in [0.15, 0.2) is 0 Å². The van der Waals surface area contributed by atoms with E-state index in [1.165, 1.54) is 70.6 Å². The van der Waals surface area contributed by atoms with Gasteiger partial charge in [-0.15, -0.1) is 0 Å². The highest BCUT2D eigenvalue weighted by molar-refractivity contribution is 5.76. The predicted octanol–water partition coefficient (Wildman–Crippen LogP) is 7.26. The van der Waals surface area contributed by atoms with Crippen LogP contribution in [0.3, 0.4) is 0 Å². The van der Waals surface area contributed by atoms with E-state index < -0.39 is 6.10 Å². The van der Waals surface area contributed by atoms with Crippen LogP contribution >= 0.6 is 0 Å². The van der Waals surface area contributed by atoms with E-state index >= 15 is 0 Å². The first-order valence-corrected chi connectivity index (χ1v) is 12.3. The monoisotopic (exact) mass is 415 g/mol. The van der Waals surface area contributed by atoms with E-state index in [-0.39, 0.29) is 11.9 Å². The second-order valence-electron chi connectivity index (χ2n) is 8.55. The fourth-order valence-electron chi connectivity index (χ4n) is 3.70. The van der Waals surface area contributed by atoms with Gasteiger partial charge in [-0.3, -0.25) is 4.79 Å². The lowest BCUT2D eigenvalue weighted by Gasteiger charge is -2.20. The molecule has 1 rings (SSSR count). The highest BCUT2D eigenvalue weighted by atomic mass is 16.3. The molecule has 0 aliphatic carbocycles. The quantitative estimate of drug-likeness (QED) is 0.196. The van der Waals surface area contributed by atoms with Gasteiger partial charge in [0.2, 0.25) is 5.91 Å². The molecule has 0 saturated heterocycles. The molecule has 0 aliphatic heterocycles. The summed E-state index contributed by atoms with van der Waals surface area (Å²) in [6.45, 7) is 4.12. The van der Waals surface area contributed by atoms with E-state index in [4.69, 9.17) is 0 Å². The van der Waals surface area contributed by atoms with Gasteiger partial charge in [-0.25, -0.2) is 0 Å². The predicted molar refractivity (Wildman–Crippen MR) is 128 cm³/mol. The Labute approximate surface area is 185 Å². The molecule has 0 aliphatic rings. The summed E-state index contributed by atoms with van der Waals surface area (Å²) in [5, 5.41) is 13.3. The minimum absolute atomic E-state index is 0.0371. The molecule has 2 atom stereocenters. The summed E-state index contributed by atoms with van der Waals surface area (Å²) < 4.78 is 0. The van der Waals surface area contributed by atoms with Gasteiger partial charge in [-0.2, -0.15) is 0 Å². The average molecular weight is 416 g/mol. The second kappa shape index (κ2) is 18.2. The molecule has 1 amide bonds. The molecular formula is C27H45NO2. The molecule has 0 radical (unpaired) electrons. The SMILES string of the molecule is CCCCCCCCC=CCCCCCCCC(=O)N[C@H](C)[C@@H](O)c1ccccc1. The van der Waals surface area contributed by atoms with E-state index in [2.05, 4.69) is 24.4 Å². The number of aliphatic hydroxyl groups excluding tert-OH is 1. The summed E-state index contributed by atoms with van der Waals surface area (Å²) in [5.41, 5.74) is 0.839. The molecule has 0 fully saturated rings. The third-order valence-corrected chi connectivity index (χ3v) is 5.67. The number of carbonyl (C=O) groups is 1. The van der Waals surface area contributed by atoms with Crippen LogP contribution in [-0.4, -0.2) is 17.1 Å². The third kappa shape index (κ3) is 13.6. The number of hydrogen-bond donors (Lipinski definition) is 2. The molecule has 0 aromatic heterocycles. The van der Waals surface area contributed by atoms with Gasteiger partial charge < -0.3 is 10.4 Å². The summed E-state index contributed by atoms with van der Waals surface area (Å²) in [6, 6.07) is 9.22. The molecule has 3 nitrogen and oxygen atoms in total. The largest absolute Gasteiger partial charge is 0.386 e. The summed E-state index contributed by atoms with van der Waals surface area (Å²) in [5.74, 6) is 0.0371. The molecule has 30 heavy (non-hydrogen) atoms. The van der Waals surface area contributed by atoms with E-state index in [0.717, 1.165) is 18.4 Å². The summed E-state index contributed by atoms with van der Waals surface area (Å²) in [6.07, 6.45) is 20.9. The van der Waals surface area contributed by atoms with E-state index in [1.807, 2.05) is 37.3 Å². The van der Waals surface area contributed by atoms with Crippen molar-refractivity contribution < 1.29 is 9.90 Å².